The van der Waals surface area contributed by atoms with E-state index in [4.69, 9.17) is 16.1 Å². The molecule has 1 N–H and O–H groups in total. The molecule has 0 aromatic heterocycles. The van der Waals surface area contributed by atoms with Crippen LogP contribution in [-0.2, 0) is 9.09 Å². The van der Waals surface area contributed by atoms with Crippen molar-refractivity contribution in [2.24, 2.45) is 0 Å². The van der Waals surface area contributed by atoms with E-state index in [1.165, 1.54) is 0 Å². The largest absolute Gasteiger partial charge is 0.343 e. The van der Waals surface area contributed by atoms with E-state index in [0.717, 1.165) is 38.8 Å². The lowest BCUT2D eigenvalue weighted by Crippen LogP contribution is -2.35. The van der Waals surface area contributed by atoms with E-state index in [-0.39, 0.29) is 0 Å². The molecule has 1 aliphatic rings. The van der Waals surface area contributed by atoms with Crippen LogP contribution in [0.2, 0.25) is 0 Å². The third-order valence-corrected chi connectivity index (χ3v) is 5.10. The van der Waals surface area contributed by atoms with E-state index in [9.17, 15) is 4.57 Å². The third-order valence-electron chi connectivity index (χ3n) is 2.63. The van der Waals surface area contributed by atoms with Crippen molar-refractivity contribution in [2.45, 2.75) is 32.6 Å². The van der Waals surface area contributed by atoms with Gasteiger partial charge in [0.25, 0.3) is 0 Å². The molecule has 0 aromatic rings. The highest BCUT2D eigenvalue weighted by atomic mass is 35.5. The van der Waals surface area contributed by atoms with E-state index in [0.29, 0.717) is 19.0 Å². The fraction of sp³-hybridized carbons (Fsp3) is 1.00. The first kappa shape index (κ1) is 14.5. The fourth-order valence-corrected chi connectivity index (χ4v) is 4.09. The van der Waals surface area contributed by atoms with Gasteiger partial charge in [-0.15, -0.1) is 11.6 Å². The van der Waals surface area contributed by atoms with Gasteiger partial charge < -0.3 is 4.52 Å². The molecule has 1 rings (SSSR count). The summed E-state index contributed by atoms with van der Waals surface area (Å²) in [6.07, 6.45) is 4.28. The van der Waals surface area contributed by atoms with Gasteiger partial charge in [0.2, 0.25) is 0 Å². The predicted octanol–water partition coefficient (Wildman–Crippen LogP) is 2.84. The van der Waals surface area contributed by atoms with Crippen LogP contribution in [-0.4, -0.2) is 36.8 Å². The number of alkyl halides is 1. The summed E-state index contributed by atoms with van der Waals surface area (Å²) >= 11 is 5.74. The number of nitrogens with zero attached hydrogens (tertiary/aromatic N) is 1. The smallest absolute Gasteiger partial charge is 0.306 e. The monoisotopic (exact) mass is 268 g/mol. The van der Waals surface area contributed by atoms with Gasteiger partial charge in [0.1, 0.15) is 0 Å². The number of rotatable bonds is 7. The first-order valence-corrected chi connectivity index (χ1v) is 8.15. The Morgan fingerprint density at radius 2 is 2.25 bits per heavy atom. The number of halogens is 1. The van der Waals surface area contributed by atoms with Crippen LogP contribution in [0.1, 0.15) is 32.6 Å². The van der Waals surface area contributed by atoms with Gasteiger partial charge in [-0.05, 0) is 12.8 Å². The number of hydrogen-bond donors (Lipinski definition) is 1. The van der Waals surface area contributed by atoms with Crippen molar-refractivity contribution in [3.05, 3.63) is 0 Å². The van der Waals surface area contributed by atoms with Crippen molar-refractivity contribution in [3.8, 4) is 0 Å². The molecule has 4 nitrogen and oxygen atoms in total. The van der Waals surface area contributed by atoms with Crippen molar-refractivity contribution >= 4 is 19.3 Å². The van der Waals surface area contributed by atoms with Crippen LogP contribution in [0.4, 0.5) is 0 Å². The normalized spacial score (nSPS) is 26.2. The van der Waals surface area contributed by atoms with Gasteiger partial charge in [-0.3, -0.25) is 4.57 Å². The van der Waals surface area contributed by atoms with Gasteiger partial charge in [-0.1, -0.05) is 19.8 Å². The molecule has 0 bridgehead atoms. The summed E-state index contributed by atoms with van der Waals surface area (Å²) in [4.78, 5) is 0. The highest BCUT2D eigenvalue weighted by Crippen LogP contribution is 2.48. The van der Waals surface area contributed by atoms with Gasteiger partial charge >= 0.3 is 7.67 Å². The van der Waals surface area contributed by atoms with Crippen LogP contribution in [0.25, 0.3) is 0 Å². The maximum absolute atomic E-state index is 12.5. The van der Waals surface area contributed by atoms with Crippen LogP contribution < -0.4 is 5.09 Å². The van der Waals surface area contributed by atoms with Gasteiger partial charge in [0.05, 0.1) is 6.61 Å². The topological polar surface area (TPSA) is 41.6 Å². The molecular formula is C10H22ClN2O2P. The van der Waals surface area contributed by atoms with Gasteiger partial charge in [-0.2, -0.15) is 0 Å². The van der Waals surface area contributed by atoms with E-state index >= 15 is 0 Å². The minimum atomic E-state index is -2.78. The molecule has 0 aromatic carbocycles. The quantitative estimate of drug-likeness (QED) is 0.438. The Balaban J connectivity index is 2.49. The van der Waals surface area contributed by atoms with Crippen molar-refractivity contribution in [2.75, 3.05) is 32.1 Å². The Kier molecular flexibility index (Phi) is 6.94. The molecule has 1 heterocycles. The Morgan fingerprint density at radius 1 is 1.44 bits per heavy atom. The van der Waals surface area contributed by atoms with E-state index in [1.807, 2.05) is 4.67 Å². The number of hydrogen-bond acceptors (Lipinski definition) is 2. The minimum Gasteiger partial charge on any atom is -0.306 e. The van der Waals surface area contributed by atoms with Crippen molar-refractivity contribution in [1.82, 2.24) is 9.76 Å². The van der Waals surface area contributed by atoms with Crippen LogP contribution in [0.3, 0.4) is 0 Å². The zero-order valence-electron chi connectivity index (χ0n) is 9.95. The number of nitrogens with one attached hydrogen (secondary N) is 1. The molecule has 0 saturated carbocycles. The highest BCUT2D eigenvalue weighted by molar-refractivity contribution is 7.54. The van der Waals surface area contributed by atoms with Crippen LogP contribution in [0.15, 0.2) is 0 Å². The summed E-state index contributed by atoms with van der Waals surface area (Å²) in [6, 6.07) is 0. The molecule has 0 spiro atoms. The summed E-state index contributed by atoms with van der Waals surface area (Å²) in [7, 11) is -2.78. The number of unbranched alkanes of at least 4 members (excludes halogenated alkanes) is 2. The second kappa shape index (κ2) is 7.67. The Hall–Kier alpha value is 0.400. The lowest BCUT2D eigenvalue weighted by Gasteiger charge is -2.33. The van der Waals surface area contributed by atoms with E-state index in [1.54, 1.807) is 0 Å². The van der Waals surface area contributed by atoms with Crippen LogP contribution in [0.5, 0.6) is 0 Å². The molecule has 96 valence electrons. The van der Waals surface area contributed by atoms with Gasteiger partial charge in [0, 0.05) is 25.5 Å². The molecule has 1 saturated heterocycles. The average molecular weight is 269 g/mol. The molecule has 1 fully saturated rings. The third kappa shape index (κ3) is 4.34. The maximum Gasteiger partial charge on any atom is 0.343 e. The first-order valence-electron chi connectivity index (χ1n) is 6.04. The zero-order valence-corrected chi connectivity index (χ0v) is 11.6. The van der Waals surface area contributed by atoms with E-state index < -0.39 is 7.67 Å². The Bertz CT molecular complexity index is 231. The van der Waals surface area contributed by atoms with Gasteiger partial charge in [-0.25, -0.2) is 9.76 Å². The Morgan fingerprint density at radius 3 is 2.81 bits per heavy atom. The van der Waals surface area contributed by atoms with Gasteiger partial charge in [0.15, 0.2) is 0 Å². The fourth-order valence-electron chi connectivity index (χ4n) is 1.73. The standard InChI is InChI=1S/C10H22ClN2O2P/c1-2-3-4-8-13(9-6-11)16(14)12-7-5-10-15-16/h2-10H2,1H3,(H,12,14). The SMILES string of the molecule is CCCCCN(CCCl)P1(=O)NCCCO1. The van der Waals surface area contributed by atoms with Crippen LogP contribution in [0, 0.1) is 0 Å². The maximum atomic E-state index is 12.5. The summed E-state index contributed by atoms with van der Waals surface area (Å²) in [5, 5.41) is 3.01. The molecule has 1 atom stereocenters. The molecule has 0 radical (unpaired) electrons. The summed E-state index contributed by atoms with van der Waals surface area (Å²) in [5.41, 5.74) is 0. The zero-order chi connectivity index (χ0) is 11.9. The molecular weight excluding hydrogens is 247 g/mol. The van der Waals surface area contributed by atoms with Crippen molar-refractivity contribution < 1.29 is 9.09 Å². The van der Waals surface area contributed by atoms with Crippen molar-refractivity contribution in [3.63, 3.8) is 0 Å². The second-order valence-corrected chi connectivity index (χ2v) is 6.52. The second-order valence-electron chi connectivity index (χ2n) is 3.97. The molecule has 16 heavy (non-hydrogen) atoms. The predicted molar refractivity (Wildman–Crippen MR) is 68.0 cm³/mol. The van der Waals surface area contributed by atoms with Crippen LogP contribution >= 0.6 is 19.3 Å². The molecule has 1 aliphatic heterocycles. The lowest BCUT2D eigenvalue weighted by molar-refractivity contribution is 0.228. The first-order chi connectivity index (χ1) is 7.73. The molecule has 0 amide bonds. The molecule has 1 unspecified atom stereocenters. The molecule has 6 heteroatoms. The summed E-state index contributed by atoms with van der Waals surface area (Å²) in [5.74, 6) is 0.487. The lowest BCUT2D eigenvalue weighted by atomic mass is 10.2. The molecule has 0 aliphatic carbocycles. The minimum absolute atomic E-state index is 0.487. The highest BCUT2D eigenvalue weighted by Gasteiger charge is 2.32. The summed E-state index contributed by atoms with van der Waals surface area (Å²) < 4.78 is 19.8. The van der Waals surface area contributed by atoms with Crippen molar-refractivity contribution in [1.29, 1.82) is 0 Å². The average Bonchev–Trinajstić information content (AvgIpc) is 2.29. The van der Waals surface area contributed by atoms with E-state index in [2.05, 4.69) is 12.0 Å². The Labute approximate surface area is 103 Å². The summed E-state index contributed by atoms with van der Waals surface area (Å²) in [6.45, 7) is 4.92.